The molecule has 0 saturated carbocycles. The van der Waals surface area contributed by atoms with E-state index >= 15 is 0 Å². The SMILES string of the molecule is COC(=O)C(C)c1ncccc1Br. The number of esters is 1. The third-order valence-corrected chi connectivity index (χ3v) is 2.42. The molecular formula is C9H10BrNO2. The quantitative estimate of drug-likeness (QED) is 0.748. The number of rotatable bonds is 2. The van der Waals surface area contributed by atoms with Gasteiger partial charge in [0.2, 0.25) is 0 Å². The topological polar surface area (TPSA) is 39.2 Å². The van der Waals surface area contributed by atoms with E-state index in [1.165, 1.54) is 7.11 Å². The van der Waals surface area contributed by atoms with Crippen LogP contribution in [-0.2, 0) is 9.53 Å². The second-order valence-electron chi connectivity index (χ2n) is 2.62. The van der Waals surface area contributed by atoms with Crippen molar-refractivity contribution in [2.45, 2.75) is 12.8 Å². The highest BCUT2D eigenvalue weighted by atomic mass is 79.9. The molecule has 1 heterocycles. The predicted octanol–water partition coefficient (Wildman–Crippen LogP) is 2.12. The molecule has 1 atom stereocenters. The predicted molar refractivity (Wildman–Crippen MR) is 52.4 cm³/mol. The summed E-state index contributed by atoms with van der Waals surface area (Å²) < 4.78 is 5.45. The van der Waals surface area contributed by atoms with Crippen molar-refractivity contribution in [3.8, 4) is 0 Å². The van der Waals surface area contributed by atoms with Crippen molar-refractivity contribution < 1.29 is 9.53 Å². The summed E-state index contributed by atoms with van der Waals surface area (Å²) in [5, 5.41) is 0. The number of ether oxygens (including phenoxy) is 1. The Bertz CT molecular complexity index is 314. The highest BCUT2D eigenvalue weighted by molar-refractivity contribution is 9.10. The first kappa shape index (κ1) is 10.2. The van der Waals surface area contributed by atoms with Crippen molar-refractivity contribution in [2.24, 2.45) is 0 Å². The van der Waals surface area contributed by atoms with Gasteiger partial charge in [0.15, 0.2) is 0 Å². The number of nitrogens with zero attached hydrogens (tertiary/aromatic N) is 1. The van der Waals surface area contributed by atoms with Crippen molar-refractivity contribution in [1.29, 1.82) is 0 Å². The van der Waals surface area contributed by atoms with Crippen LogP contribution in [0.2, 0.25) is 0 Å². The lowest BCUT2D eigenvalue weighted by molar-refractivity contribution is -0.142. The van der Waals surface area contributed by atoms with Gasteiger partial charge in [-0.1, -0.05) is 0 Å². The molecule has 1 rings (SSSR count). The summed E-state index contributed by atoms with van der Waals surface area (Å²) >= 11 is 3.32. The van der Waals surface area contributed by atoms with Gasteiger partial charge in [-0.3, -0.25) is 9.78 Å². The van der Waals surface area contributed by atoms with Gasteiger partial charge in [0.1, 0.15) is 0 Å². The Morgan fingerprint density at radius 3 is 2.92 bits per heavy atom. The molecule has 0 spiro atoms. The first-order valence-electron chi connectivity index (χ1n) is 3.85. The maximum atomic E-state index is 11.2. The Hall–Kier alpha value is -0.900. The standard InChI is InChI=1S/C9H10BrNO2/c1-6(9(12)13-2)8-7(10)4-3-5-11-8/h3-6H,1-2H3. The van der Waals surface area contributed by atoms with E-state index in [4.69, 9.17) is 0 Å². The fourth-order valence-corrected chi connectivity index (χ4v) is 1.60. The normalized spacial score (nSPS) is 12.2. The van der Waals surface area contributed by atoms with E-state index in [1.54, 1.807) is 19.2 Å². The zero-order chi connectivity index (χ0) is 9.84. The number of carbonyl (C=O) groups excluding carboxylic acids is 1. The number of carbonyl (C=O) groups is 1. The molecule has 0 aromatic carbocycles. The minimum absolute atomic E-state index is 0.278. The van der Waals surface area contributed by atoms with Crippen LogP contribution < -0.4 is 0 Å². The van der Waals surface area contributed by atoms with Crippen molar-refractivity contribution in [3.05, 3.63) is 28.5 Å². The first-order valence-corrected chi connectivity index (χ1v) is 4.64. The maximum Gasteiger partial charge on any atom is 0.314 e. The van der Waals surface area contributed by atoms with Gasteiger partial charge in [0, 0.05) is 10.7 Å². The average molecular weight is 244 g/mol. The van der Waals surface area contributed by atoms with Crippen LogP contribution in [0.25, 0.3) is 0 Å². The van der Waals surface area contributed by atoms with Crippen LogP contribution in [0.15, 0.2) is 22.8 Å². The van der Waals surface area contributed by atoms with Crippen LogP contribution in [0.3, 0.4) is 0 Å². The zero-order valence-corrected chi connectivity index (χ0v) is 9.04. The molecular weight excluding hydrogens is 234 g/mol. The van der Waals surface area contributed by atoms with Crippen molar-refractivity contribution in [2.75, 3.05) is 7.11 Å². The van der Waals surface area contributed by atoms with E-state index in [2.05, 4.69) is 25.7 Å². The Balaban J connectivity index is 2.95. The minimum Gasteiger partial charge on any atom is -0.469 e. The molecule has 0 N–H and O–H groups in total. The van der Waals surface area contributed by atoms with Crippen molar-refractivity contribution >= 4 is 21.9 Å². The largest absolute Gasteiger partial charge is 0.469 e. The Labute approximate surface area is 85.3 Å². The molecule has 0 saturated heterocycles. The zero-order valence-electron chi connectivity index (χ0n) is 7.45. The molecule has 1 unspecified atom stereocenters. The van der Waals surface area contributed by atoms with Crippen LogP contribution >= 0.6 is 15.9 Å². The fraction of sp³-hybridized carbons (Fsp3) is 0.333. The number of aromatic nitrogens is 1. The number of methoxy groups -OCH3 is 1. The molecule has 0 bridgehead atoms. The maximum absolute atomic E-state index is 11.2. The molecule has 1 aromatic rings. The van der Waals surface area contributed by atoms with Gasteiger partial charge in [-0.2, -0.15) is 0 Å². The second kappa shape index (κ2) is 4.37. The molecule has 0 fully saturated rings. The van der Waals surface area contributed by atoms with Crippen LogP contribution in [0.5, 0.6) is 0 Å². The molecule has 0 aliphatic heterocycles. The lowest BCUT2D eigenvalue weighted by Crippen LogP contribution is -2.12. The van der Waals surface area contributed by atoms with Gasteiger partial charge < -0.3 is 4.74 Å². The van der Waals surface area contributed by atoms with Gasteiger partial charge in [0.25, 0.3) is 0 Å². The van der Waals surface area contributed by atoms with Gasteiger partial charge >= 0.3 is 5.97 Å². The van der Waals surface area contributed by atoms with E-state index in [9.17, 15) is 4.79 Å². The van der Waals surface area contributed by atoms with E-state index in [0.717, 1.165) is 4.47 Å². The number of halogens is 1. The summed E-state index contributed by atoms with van der Waals surface area (Å²) in [6.07, 6.45) is 1.65. The molecule has 0 aliphatic carbocycles. The van der Waals surface area contributed by atoms with E-state index < -0.39 is 0 Å². The first-order chi connectivity index (χ1) is 6.16. The third kappa shape index (κ3) is 2.28. The Morgan fingerprint density at radius 2 is 2.38 bits per heavy atom. The fourth-order valence-electron chi connectivity index (χ4n) is 1.00. The Kier molecular flexibility index (Phi) is 3.42. The lowest BCUT2D eigenvalue weighted by atomic mass is 10.1. The van der Waals surface area contributed by atoms with E-state index in [1.807, 2.05) is 6.07 Å². The van der Waals surface area contributed by atoms with Gasteiger partial charge in [-0.05, 0) is 35.0 Å². The molecule has 70 valence electrons. The van der Waals surface area contributed by atoms with Crippen molar-refractivity contribution in [3.63, 3.8) is 0 Å². The van der Waals surface area contributed by atoms with Gasteiger partial charge in [-0.15, -0.1) is 0 Å². The van der Waals surface area contributed by atoms with Crippen LogP contribution in [0, 0.1) is 0 Å². The smallest absolute Gasteiger partial charge is 0.314 e. The summed E-state index contributed by atoms with van der Waals surface area (Å²) in [5.74, 6) is -0.611. The lowest BCUT2D eigenvalue weighted by Gasteiger charge is -2.09. The number of hydrogen-bond donors (Lipinski definition) is 0. The van der Waals surface area contributed by atoms with Crippen LogP contribution in [0.1, 0.15) is 18.5 Å². The monoisotopic (exact) mass is 243 g/mol. The molecule has 0 amide bonds. The third-order valence-electron chi connectivity index (χ3n) is 1.75. The molecule has 13 heavy (non-hydrogen) atoms. The number of pyridine rings is 1. The average Bonchev–Trinajstić information content (AvgIpc) is 2.16. The highest BCUT2D eigenvalue weighted by Gasteiger charge is 2.18. The number of hydrogen-bond acceptors (Lipinski definition) is 3. The molecule has 0 aliphatic rings. The molecule has 1 aromatic heterocycles. The minimum atomic E-state index is -0.333. The van der Waals surface area contributed by atoms with Crippen LogP contribution in [0.4, 0.5) is 0 Å². The van der Waals surface area contributed by atoms with Crippen molar-refractivity contribution in [1.82, 2.24) is 4.98 Å². The Morgan fingerprint density at radius 1 is 1.69 bits per heavy atom. The summed E-state index contributed by atoms with van der Waals surface area (Å²) in [7, 11) is 1.37. The second-order valence-corrected chi connectivity index (χ2v) is 3.47. The summed E-state index contributed by atoms with van der Waals surface area (Å²) in [4.78, 5) is 15.3. The molecule has 0 radical (unpaired) electrons. The van der Waals surface area contributed by atoms with Crippen LogP contribution in [-0.4, -0.2) is 18.1 Å². The van der Waals surface area contributed by atoms with Gasteiger partial charge in [0.05, 0.1) is 18.7 Å². The molecule has 4 heteroatoms. The summed E-state index contributed by atoms with van der Waals surface area (Å²) in [6, 6.07) is 3.65. The summed E-state index contributed by atoms with van der Waals surface area (Å²) in [5.41, 5.74) is 0.703. The van der Waals surface area contributed by atoms with E-state index in [0.29, 0.717) is 5.69 Å². The highest BCUT2D eigenvalue weighted by Crippen LogP contribution is 2.22. The molecule has 3 nitrogen and oxygen atoms in total. The summed E-state index contributed by atoms with van der Waals surface area (Å²) in [6.45, 7) is 1.76. The van der Waals surface area contributed by atoms with E-state index in [-0.39, 0.29) is 11.9 Å². The van der Waals surface area contributed by atoms with Gasteiger partial charge in [-0.25, -0.2) is 0 Å².